The SMILES string of the molecule is CCN1CCN(C(O)NC(C(=O)N[C@H]2Cc3cccc(C(=O)O)c3OB2O)c2ccc(S(N)(=O)=O)cc2)C(=O)C1=O. The Morgan fingerprint density at radius 2 is 1.83 bits per heavy atom. The van der Waals surface area contributed by atoms with Gasteiger partial charge in [0.25, 0.3) is 0 Å². The summed E-state index contributed by atoms with van der Waals surface area (Å²) in [5.41, 5.74) is 0.409. The molecule has 2 aromatic rings. The Balaban J connectivity index is 1.59. The number of nitrogens with zero attached hydrogens (tertiary/aromatic N) is 2. The van der Waals surface area contributed by atoms with Crippen molar-refractivity contribution in [3.05, 3.63) is 59.2 Å². The van der Waals surface area contributed by atoms with Crippen LogP contribution in [0.3, 0.4) is 0 Å². The molecule has 218 valence electrons. The van der Waals surface area contributed by atoms with Gasteiger partial charge in [0.05, 0.1) is 16.4 Å². The predicted molar refractivity (Wildman–Crippen MR) is 141 cm³/mol. The van der Waals surface area contributed by atoms with Crippen molar-refractivity contribution in [1.82, 2.24) is 20.4 Å². The zero-order valence-electron chi connectivity index (χ0n) is 21.8. The molecule has 2 unspecified atom stereocenters. The van der Waals surface area contributed by atoms with Gasteiger partial charge >= 0.3 is 24.9 Å². The van der Waals surface area contributed by atoms with Gasteiger partial charge in [0.1, 0.15) is 11.8 Å². The number of carbonyl (C=O) groups excluding carboxylic acids is 3. The van der Waals surface area contributed by atoms with Crippen LogP contribution >= 0.6 is 0 Å². The van der Waals surface area contributed by atoms with Crippen LogP contribution in [0.25, 0.3) is 0 Å². The summed E-state index contributed by atoms with van der Waals surface area (Å²) < 4.78 is 28.8. The zero-order chi connectivity index (χ0) is 30.1. The first-order valence-corrected chi connectivity index (χ1v) is 14.0. The van der Waals surface area contributed by atoms with E-state index in [4.69, 9.17) is 9.79 Å². The molecular formula is C24H28BN5O10S. The molecule has 0 radical (unpaired) electrons. The minimum Gasteiger partial charge on any atom is -0.534 e. The van der Waals surface area contributed by atoms with E-state index in [-0.39, 0.29) is 41.3 Å². The van der Waals surface area contributed by atoms with E-state index < -0.39 is 59.2 Å². The molecule has 2 aromatic carbocycles. The van der Waals surface area contributed by atoms with Gasteiger partial charge in [-0.15, -0.1) is 0 Å². The van der Waals surface area contributed by atoms with Crippen molar-refractivity contribution in [1.29, 1.82) is 0 Å². The van der Waals surface area contributed by atoms with E-state index >= 15 is 0 Å². The van der Waals surface area contributed by atoms with Gasteiger partial charge in [-0.1, -0.05) is 24.3 Å². The molecule has 0 aromatic heterocycles. The van der Waals surface area contributed by atoms with E-state index in [0.717, 1.165) is 17.0 Å². The van der Waals surface area contributed by atoms with Gasteiger partial charge < -0.3 is 30.1 Å². The number of likely N-dealkylation sites (N-methyl/N-ethyl adjacent to an activating group) is 1. The number of fused-ring (bicyclic) bond motifs is 1. The zero-order valence-corrected chi connectivity index (χ0v) is 22.6. The Bertz CT molecular complexity index is 1470. The van der Waals surface area contributed by atoms with Crippen LogP contribution in [0.2, 0.25) is 0 Å². The van der Waals surface area contributed by atoms with Crippen LogP contribution in [0, 0.1) is 0 Å². The van der Waals surface area contributed by atoms with Crippen molar-refractivity contribution in [2.75, 3.05) is 19.6 Å². The van der Waals surface area contributed by atoms with Crippen LogP contribution in [-0.4, -0.2) is 96.2 Å². The lowest BCUT2D eigenvalue weighted by Crippen LogP contribution is -2.62. The number of carboxylic acid groups (broad SMARTS) is 1. The van der Waals surface area contributed by atoms with Gasteiger partial charge in [-0.2, -0.15) is 0 Å². The number of hydrogen-bond donors (Lipinski definition) is 6. The first-order chi connectivity index (χ1) is 19.3. The molecule has 2 aliphatic heterocycles. The van der Waals surface area contributed by atoms with Crippen LogP contribution in [-0.2, 0) is 30.8 Å². The summed E-state index contributed by atoms with van der Waals surface area (Å²) in [6.45, 7) is 2.13. The molecule has 2 aliphatic rings. The predicted octanol–water partition coefficient (Wildman–Crippen LogP) is -2.23. The van der Waals surface area contributed by atoms with Crippen molar-refractivity contribution in [3.63, 3.8) is 0 Å². The molecular weight excluding hydrogens is 561 g/mol. The maximum absolute atomic E-state index is 13.5. The van der Waals surface area contributed by atoms with Crippen molar-refractivity contribution >= 4 is 40.8 Å². The lowest BCUT2D eigenvalue weighted by Gasteiger charge is -2.37. The van der Waals surface area contributed by atoms with Crippen molar-refractivity contribution in [2.45, 2.75) is 36.6 Å². The summed E-state index contributed by atoms with van der Waals surface area (Å²) in [5, 5.41) is 41.2. The Kier molecular flexibility index (Phi) is 8.64. The number of amides is 3. The summed E-state index contributed by atoms with van der Waals surface area (Å²) in [6, 6.07) is 7.80. The largest absolute Gasteiger partial charge is 0.547 e. The number of carbonyl (C=O) groups is 4. The number of nitrogens with one attached hydrogen (secondary N) is 2. The molecule has 41 heavy (non-hydrogen) atoms. The van der Waals surface area contributed by atoms with Crippen molar-refractivity contribution in [3.8, 4) is 5.75 Å². The summed E-state index contributed by atoms with van der Waals surface area (Å²) in [6.07, 6.45) is -1.81. The van der Waals surface area contributed by atoms with E-state index in [1.807, 2.05) is 0 Å². The van der Waals surface area contributed by atoms with Crippen LogP contribution in [0.1, 0.15) is 34.5 Å². The Morgan fingerprint density at radius 3 is 2.44 bits per heavy atom. The second kappa shape index (κ2) is 11.8. The van der Waals surface area contributed by atoms with Crippen LogP contribution in [0.4, 0.5) is 0 Å². The standard InChI is InChI=1S/C24H28BN5O10S/c1-2-29-10-11-30(22(33)21(29)32)24(36)28-18(13-6-8-15(9-7-13)41(26,38)39)20(31)27-17-12-14-4-3-5-16(23(34)35)19(14)40-25(17)37/h3-9,17-18,24,28,36-37H,2,10-12H2,1H3,(H,27,31)(H,34,35)(H2,26,38,39)/t17-,18?,24?/m0/s1. The number of benzene rings is 2. The van der Waals surface area contributed by atoms with E-state index in [9.17, 15) is 42.8 Å². The number of carboxylic acids is 1. The molecule has 0 bridgehead atoms. The minimum atomic E-state index is -4.05. The molecule has 3 amide bonds. The second-order valence-electron chi connectivity index (χ2n) is 9.40. The number of sulfonamides is 1. The van der Waals surface area contributed by atoms with Gasteiger partial charge in [0.2, 0.25) is 15.9 Å². The highest BCUT2D eigenvalue weighted by molar-refractivity contribution is 7.89. The van der Waals surface area contributed by atoms with E-state index in [2.05, 4.69) is 10.6 Å². The average molecular weight is 589 g/mol. The Hall–Kier alpha value is -4.03. The van der Waals surface area contributed by atoms with Gasteiger partial charge in [-0.05, 0) is 42.7 Å². The summed E-state index contributed by atoms with van der Waals surface area (Å²) >= 11 is 0. The van der Waals surface area contributed by atoms with Gasteiger partial charge in [0, 0.05) is 19.6 Å². The molecule has 2 heterocycles. The number of piperazine rings is 1. The number of aliphatic hydroxyl groups excluding tert-OH is 1. The number of aliphatic hydroxyl groups is 1. The van der Waals surface area contributed by atoms with E-state index in [1.54, 1.807) is 13.0 Å². The maximum atomic E-state index is 13.5. The summed E-state index contributed by atoms with van der Waals surface area (Å²) in [5.74, 6) is -4.96. The van der Waals surface area contributed by atoms with E-state index in [0.29, 0.717) is 12.1 Å². The molecule has 7 N–H and O–H groups in total. The fourth-order valence-corrected chi connectivity index (χ4v) is 5.13. The fourth-order valence-electron chi connectivity index (χ4n) is 4.62. The fraction of sp³-hybridized carbons (Fsp3) is 0.333. The molecule has 17 heteroatoms. The quantitative estimate of drug-likeness (QED) is 0.104. The highest BCUT2D eigenvalue weighted by Crippen LogP contribution is 2.30. The highest BCUT2D eigenvalue weighted by Gasteiger charge is 2.41. The number of nitrogens with two attached hydrogens (primary N) is 1. The van der Waals surface area contributed by atoms with Crippen molar-refractivity contribution in [2.24, 2.45) is 5.14 Å². The molecule has 0 aliphatic carbocycles. The highest BCUT2D eigenvalue weighted by atomic mass is 32.2. The number of aromatic carboxylic acids is 1. The number of rotatable bonds is 9. The third kappa shape index (κ3) is 6.33. The average Bonchev–Trinajstić information content (AvgIpc) is 2.92. The van der Waals surface area contributed by atoms with Crippen LogP contribution in [0.15, 0.2) is 47.4 Å². The van der Waals surface area contributed by atoms with Crippen LogP contribution < -0.4 is 20.4 Å². The Labute approximate surface area is 235 Å². The molecule has 1 saturated heterocycles. The van der Waals surface area contributed by atoms with Gasteiger partial charge in [-0.3, -0.25) is 24.6 Å². The normalized spacial score (nSPS) is 18.8. The lowest BCUT2D eigenvalue weighted by atomic mass is 9.72. The summed E-state index contributed by atoms with van der Waals surface area (Å²) in [7, 11) is -5.69. The van der Waals surface area contributed by atoms with Crippen molar-refractivity contribution < 1.29 is 47.5 Å². The van der Waals surface area contributed by atoms with E-state index in [1.165, 1.54) is 29.2 Å². The number of primary sulfonamides is 1. The monoisotopic (exact) mass is 589 g/mol. The van der Waals surface area contributed by atoms with Crippen LogP contribution in [0.5, 0.6) is 5.75 Å². The van der Waals surface area contributed by atoms with Gasteiger partial charge in [0.15, 0.2) is 6.35 Å². The maximum Gasteiger partial charge on any atom is 0.547 e. The first-order valence-electron chi connectivity index (χ1n) is 12.5. The second-order valence-corrected chi connectivity index (χ2v) is 11.0. The molecule has 0 saturated carbocycles. The third-order valence-corrected chi connectivity index (χ3v) is 7.75. The molecule has 4 rings (SSSR count). The lowest BCUT2D eigenvalue weighted by molar-refractivity contribution is -0.166. The molecule has 15 nitrogen and oxygen atoms in total. The molecule has 3 atom stereocenters. The minimum absolute atomic E-state index is 0.00501. The molecule has 1 fully saturated rings. The molecule has 0 spiro atoms. The summed E-state index contributed by atoms with van der Waals surface area (Å²) in [4.78, 5) is 51.9. The topological polar surface area (TPSA) is 229 Å². The van der Waals surface area contributed by atoms with Gasteiger partial charge in [-0.25, -0.2) is 18.4 Å². The third-order valence-electron chi connectivity index (χ3n) is 6.82. The Morgan fingerprint density at radius 1 is 1.15 bits per heavy atom. The smallest absolute Gasteiger partial charge is 0.534 e. The number of hydrogen-bond acceptors (Lipinski definition) is 10. The first kappa shape index (κ1) is 29.9. The number of para-hydroxylation sites is 1.